The van der Waals surface area contributed by atoms with Gasteiger partial charge in [-0.3, -0.25) is 4.18 Å². The summed E-state index contributed by atoms with van der Waals surface area (Å²) in [6, 6.07) is 8.22. The van der Waals surface area contributed by atoms with E-state index < -0.39 is 42.7 Å². The molecule has 1 aromatic heterocycles. The first-order valence-electron chi connectivity index (χ1n) is 9.42. The number of nitrogens with one attached hydrogen (secondary N) is 1. The molecule has 0 aliphatic rings. The fourth-order valence-electron chi connectivity index (χ4n) is 3.11. The fourth-order valence-corrected chi connectivity index (χ4v) is 4.14. The molecule has 0 unspecified atom stereocenters. The fraction of sp³-hybridized carbons (Fsp3) is 0.222. The molecule has 192 valence electrons. The van der Waals surface area contributed by atoms with E-state index in [1.807, 2.05) is 0 Å². The Bertz CT molecular complexity index is 1570. The quantitative estimate of drug-likeness (QED) is 0.0912. The topological polar surface area (TPSA) is 224 Å². The minimum atomic E-state index is -5.33. The van der Waals surface area contributed by atoms with Gasteiger partial charge in [-0.15, -0.1) is 0 Å². The number of hydrogen-bond acceptors (Lipinski definition) is 13. The van der Waals surface area contributed by atoms with Crippen molar-refractivity contribution < 1.29 is 145 Å². The number of rotatable bonds is 11. The third kappa shape index (κ3) is 11.9. The minimum Gasteiger partial charge on any atom is -0.726 e. The van der Waals surface area contributed by atoms with Gasteiger partial charge in [0, 0.05) is 28.6 Å². The summed E-state index contributed by atoms with van der Waals surface area (Å²) in [5.74, 6) is -1.18. The van der Waals surface area contributed by atoms with E-state index in [9.17, 15) is 38.9 Å². The Hall–Kier alpha value is 0.0700. The van der Waals surface area contributed by atoms with Crippen LogP contribution in [0.15, 0.2) is 36.4 Å². The number of H-pyrrole nitrogens is 1. The van der Waals surface area contributed by atoms with E-state index >= 15 is 0 Å². The van der Waals surface area contributed by atoms with Crippen LogP contribution in [0.25, 0.3) is 22.2 Å². The van der Waals surface area contributed by atoms with E-state index in [0.29, 0.717) is 27.9 Å². The first-order chi connectivity index (χ1) is 16.1. The van der Waals surface area contributed by atoms with Gasteiger partial charge >= 0.3 is 88.7 Å². The first kappa shape index (κ1) is 38.1. The van der Waals surface area contributed by atoms with E-state index in [1.165, 1.54) is 6.07 Å². The average Bonchev–Trinajstić information content (AvgIpc) is 3.02. The third-order valence-electron chi connectivity index (χ3n) is 4.43. The molecule has 38 heavy (non-hydrogen) atoms. The SMILES string of the molecule is Cc1c(-c2ccc(OS(=O)(=O)[O-])c(OS(=O)(=O)[O-])c2)[nH]c2ccc(OCCCOS(=O)(=O)[O-])cc12.[Na+].[Na+].[Na+]. The molecule has 1 heterocycles. The standard InChI is InChI=1S/C18H19NO13S3.3Na/c1-11-14-10-13(29-7-2-8-30-33(20,21)22)4-5-15(14)19-18(11)12-3-6-16(31-34(23,24)25)17(9-12)32-35(26,27)28;;;/h3-6,9-10,19H,2,7-8H2,1H3,(H,20,21,22)(H,23,24,25)(H,26,27,28);;;/q;3*+1/p-3. The molecule has 0 saturated carbocycles. The predicted molar refractivity (Wildman–Crippen MR) is 115 cm³/mol. The Kier molecular flexibility index (Phi) is 15.4. The molecule has 3 aromatic rings. The molecule has 2 aromatic carbocycles. The smallest absolute Gasteiger partial charge is 0.726 e. The Labute approximate surface area is 285 Å². The van der Waals surface area contributed by atoms with Crippen LogP contribution in [-0.4, -0.2) is 57.1 Å². The minimum absolute atomic E-state index is 0. The van der Waals surface area contributed by atoms with Crippen LogP contribution in [0.4, 0.5) is 0 Å². The number of aromatic amines is 1. The number of hydrogen-bond donors (Lipinski definition) is 1. The predicted octanol–water partition coefficient (Wildman–Crippen LogP) is -7.92. The van der Waals surface area contributed by atoms with Gasteiger partial charge in [0.15, 0.2) is 11.5 Å². The molecule has 1 N–H and O–H groups in total. The summed E-state index contributed by atoms with van der Waals surface area (Å²) in [7, 11) is -15.4. The van der Waals surface area contributed by atoms with Crippen LogP contribution in [0.3, 0.4) is 0 Å². The summed E-state index contributed by atoms with van der Waals surface area (Å²) < 4.78 is 115. The molecule has 20 heteroatoms. The molecule has 0 radical (unpaired) electrons. The van der Waals surface area contributed by atoms with Gasteiger partial charge in [-0.05, 0) is 48.9 Å². The average molecular weight is 619 g/mol. The van der Waals surface area contributed by atoms with Crippen LogP contribution in [0.5, 0.6) is 17.2 Å². The zero-order valence-corrected chi connectivity index (χ0v) is 29.1. The third-order valence-corrected chi connectivity index (χ3v) is 5.65. The summed E-state index contributed by atoms with van der Waals surface area (Å²) >= 11 is 0. The van der Waals surface area contributed by atoms with Gasteiger partial charge in [-0.25, -0.2) is 25.3 Å². The maximum absolute atomic E-state index is 11.1. The van der Waals surface area contributed by atoms with E-state index in [4.69, 9.17) is 4.74 Å². The van der Waals surface area contributed by atoms with Crippen molar-refractivity contribution in [2.24, 2.45) is 0 Å². The molecular weight excluding hydrogens is 603 g/mol. The molecule has 3 rings (SSSR count). The van der Waals surface area contributed by atoms with Crippen molar-refractivity contribution in [1.82, 2.24) is 4.98 Å². The molecule has 0 atom stereocenters. The Morgan fingerprint density at radius 1 is 0.763 bits per heavy atom. The summed E-state index contributed by atoms with van der Waals surface area (Å²) in [6.45, 7) is 1.44. The monoisotopic (exact) mass is 619 g/mol. The number of ether oxygens (including phenoxy) is 1. The second-order valence-electron chi connectivity index (χ2n) is 6.91. The van der Waals surface area contributed by atoms with Crippen LogP contribution >= 0.6 is 0 Å². The van der Waals surface area contributed by atoms with E-state index in [2.05, 4.69) is 17.5 Å². The second-order valence-corrected chi connectivity index (χ2v) is 9.93. The zero-order valence-electron chi connectivity index (χ0n) is 20.6. The van der Waals surface area contributed by atoms with Gasteiger partial charge in [0.2, 0.25) is 10.4 Å². The molecule has 0 fully saturated rings. The first-order valence-corrected chi connectivity index (χ1v) is 13.4. The number of fused-ring (bicyclic) bond motifs is 1. The van der Waals surface area contributed by atoms with Gasteiger partial charge in [0.05, 0.1) is 13.2 Å². The van der Waals surface area contributed by atoms with Crippen molar-refractivity contribution in [2.75, 3.05) is 13.2 Å². The molecule has 0 aliphatic heterocycles. The van der Waals surface area contributed by atoms with Crippen molar-refractivity contribution in [1.29, 1.82) is 0 Å². The second kappa shape index (κ2) is 15.3. The van der Waals surface area contributed by atoms with E-state index in [-0.39, 0.29) is 114 Å². The summed E-state index contributed by atoms with van der Waals surface area (Å²) in [5, 5.41) is 0.678. The summed E-state index contributed by atoms with van der Waals surface area (Å²) in [4.78, 5) is 3.08. The van der Waals surface area contributed by atoms with Crippen molar-refractivity contribution in [3.63, 3.8) is 0 Å². The van der Waals surface area contributed by atoms with Crippen LogP contribution in [0.1, 0.15) is 12.0 Å². The number of aryl methyl sites for hydroxylation is 1. The van der Waals surface area contributed by atoms with Gasteiger partial charge < -0.3 is 31.7 Å². The zero-order chi connectivity index (χ0) is 26.0. The van der Waals surface area contributed by atoms with Crippen molar-refractivity contribution in [3.05, 3.63) is 42.0 Å². The van der Waals surface area contributed by atoms with Gasteiger partial charge in [-0.2, -0.15) is 0 Å². The largest absolute Gasteiger partial charge is 1.00 e. The normalized spacial score (nSPS) is 11.6. The molecule has 14 nitrogen and oxygen atoms in total. The maximum Gasteiger partial charge on any atom is 1.00 e. The van der Waals surface area contributed by atoms with Crippen molar-refractivity contribution in [2.45, 2.75) is 13.3 Å². The maximum atomic E-state index is 11.1. The molecule has 0 bridgehead atoms. The van der Waals surface area contributed by atoms with Crippen LogP contribution in [0.2, 0.25) is 0 Å². The molecule has 0 saturated heterocycles. The summed E-state index contributed by atoms with van der Waals surface area (Å²) in [6.07, 6.45) is 0.135. The molecule has 0 amide bonds. The van der Waals surface area contributed by atoms with Gasteiger partial charge in [0.1, 0.15) is 5.75 Å². The number of benzene rings is 2. The number of aromatic nitrogens is 1. The van der Waals surface area contributed by atoms with E-state index in [0.717, 1.165) is 12.1 Å². The van der Waals surface area contributed by atoms with Gasteiger partial charge in [-0.1, -0.05) is 0 Å². The van der Waals surface area contributed by atoms with Crippen LogP contribution in [0, 0.1) is 6.92 Å². The Morgan fingerprint density at radius 3 is 1.95 bits per heavy atom. The summed E-state index contributed by atoms with van der Waals surface area (Å²) in [5.41, 5.74) is 1.99. The Morgan fingerprint density at radius 2 is 1.37 bits per heavy atom. The molecule has 0 spiro atoms. The van der Waals surface area contributed by atoms with Crippen molar-refractivity contribution >= 4 is 42.1 Å². The molecular formula is C18H16NNa3O13S3. The van der Waals surface area contributed by atoms with E-state index in [1.54, 1.807) is 25.1 Å². The van der Waals surface area contributed by atoms with Gasteiger partial charge in [0.25, 0.3) is 20.8 Å². The van der Waals surface area contributed by atoms with Crippen LogP contribution in [-0.2, 0) is 35.4 Å². The molecule has 0 aliphatic carbocycles. The Balaban J connectivity index is 0.00000456. The van der Waals surface area contributed by atoms with Crippen LogP contribution < -0.4 is 102 Å². The van der Waals surface area contributed by atoms with Crippen molar-refractivity contribution in [3.8, 4) is 28.5 Å².